The van der Waals surface area contributed by atoms with Crippen molar-refractivity contribution in [3.05, 3.63) is 34.9 Å². The summed E-state index contributed by atoms with van der Waals surface area (Å²) in [7, 11) is 1.58. The van der Waals surface area contributed by atoms with Crippen LogP contribution in [0.2, 0.25) is 0 Å². The number of anilines is 1. The Bertz CT molecular complexity index is 1260. The predicted molar refractivity (Wildman–Crippen MR) is 134 cm³/mol. The lowest BCUT2D eigenvalue weighted by molar-refractivity contribution is -0.723. The Kier molecular flexibility index (Phi) is 7.35. The Morgan fingerprint density at radius 3 is 2.61 bits per heavy atom. The molecule has 1 aliphatic carbocycles. The number of nitrogen functional groups attached to an aromatic ring is 1. The van der Waals surface area contributed by atoms with E-state index >= 15 is 0 Å². The standard InChI is InChI=1S/C26H35N5O5/c1-6-35-22-14-18(16-8-9-16)24-29-30(25(27)31(24)28-22)15-20(33)17-12-19(26(2,3)4)23(34-5)21(13-17)36-11-7-10-32/h12-14,16,27,32H,6-11,15H2,1-5H3/p+1. The van der Waals surface area contributed by atoms with Gasteiger partial charge in [0.05, 0.1) is 20.3 Å². The van der Waals surface area contributed by atoms with Crippen LogP contribution in [0.5, 0.6) is 17.4 Å². The number of ketones is 1. The molecular weight excluding hydrogens is 462 g/mol. The fourth-order valence-corrected chi connectivity index (χ4v) is 4.17. The van der Waals surface area contributed by atoms with Gasteiger partial charge >= 0.3 is 5.95 Å². The molecule has 1 fully saturated rings. The molecule has 0 atom stereocenters. The number of aromatic nitrogens is 4. The first-order valence-electron chi connectivity index (χ1n) is 12.4. The third kappa shape index (κ3) is 5.23. The number of aliphatic hydroxyl groups excluding tert-OH is 1. The van der Waals surface area contributed by atoms with Crippen LogP contribution in [0, 0.1) is 0 Å². The molecule has 0 bridgehead atoms. The van der Waals surface area contributed by atoms with Gasteiger partial charge in [0, 0.05) is 35.8 Å². The van der Waals surface area contributed by atoms with E-state index in [1.54, 1.807) is 17.7 Å². The summed E-state index contributed by atoms with van der Waals surface area (Å²) < 4.78 is 20.2. The molecule has 10 nitrogen and oxygen atoms in total. The highest BCUT2D eigenvalue weighted by atomic mass is 16.5. The quantitative estimate of drug-likeness (QED) is 0.235. The zero-order chi connectivity index (χ0) is 26.0. The molecule has 36 heavy (non-hydrogen) atoms. The zero-order valence-electron chi connectivity index (χ0n) is 21.7. The van der Waals surface area contributed by atoms with Crippen molar-refractivity contribution in [2.45, 2.75) is 64.8 Å². The molecule has 10 heteroatoms. The van der Waals surface area contributed by atoms with Crippen LogP contribution in [0.25, 0.3) is 5.65 Å². The maximum absolute atomic E-state index is 13.5. The van der Waals surface area contributed by atoms with Gasteiger partial charge in [-0.1, -0.05) is 35.5 Å². The number of fused-ring (bicyclic) bond motifs is 1. The number of carbonyl (C=O) groups is 1. The lowest BCUT2D eigenvalue weighted by atomic mass is 9.84. The number of aliphatic hydroxyl groups is 1. The van der Waals surface area contributed by atoms with E-state index in [0.717, 1.165) is 24.0 Å². The summed E-state index contributed by atoms with van der Waals surface area (Å²) in [6.07, 6.45) is 2.63. The lowest BCUT2D eigenvalue weighted by Gasteiger charge is -2.25. The first kappa shape index (κ1) is 25.7. The van der Waals surface area contributed by atoms with Gasteiger partial charge in [-0.15, -0.1) is 4.68 Å². The first-order chi connectivity index (χ1) is 17.2. The molecule has 2 heterocycles. The van der Waals surface area contributed by atoms with Crippen molar-refractivity contribution >= 4 is 17.4 Å². The van der Waals surface area contributed by atoms with Crippen molar-refractivity contribution in [2.24, 2.45) is 0 Å². The van der Waals surface area contributed by atoms with Crippen LogP contribution in [-0.2, 0) is 12.0 Å². The first-order valence-corrected chi connectivity index (χ1v) is 12.4. The van der Waals surface area contributed by atoms with E-state index in [9.17, 15) is 4.79 Å². The number of methoxy groups -OCH3 is 1. The van der Waals surface area contributed by atoms with Crippen molar-refractivity contribution < 1.29 is 28.8 Å². The Hall–Kier alpha value is -3.40. The Labute approximate surface area is 211 Å². The SMILES string of the molecule is CCOc1cc(C2CC2)c2n[n+](CC(=O)c3cc(OCCCO)c(OC)c(C(C)(C)C)c3)c(N)n2n1. The molecule has 1 saturated carbocycles. The summed E-state index contributed by atoms with van der Waals surface area (Å²) >= 11 is 0. The molecule has 0 amide bonds. The molecular formula is C26H36N5O5+. The van der Waals surface area contributed by atoms with Crippen LogP contribution >= 0.6 is 0 Å². The highest BCUT2D eigenvalue weighted by Crippen LogP contribution is 2.42. The fourth-order valence-electron chi connectivity index (χ4n) is 4.17. The number of Topliss-reactive ketones (excluding diaryl/α,β-unsaturated/α-hetero) is 1. The number of nitrogens with zero attached hydrogens (tertiary/aromatic N) is 4. The van der Waals surface area contributed by atoms with Gasteiger partial charge in [-0.25, -0.2) is 0 Å². The van der Waals surface area contributed by atoms with Crippen LogP contribution < -0.4 is 24.6 Å². The summed E-state index contributed by atoms with van der Waals surface area (Å²) in [5.41, 5.74) is 9.09. The summed E-state index contributed by atoms with van der Waals surface area (Å²) in [6, 6.07) is 5.44. The van der Waals surface area contributed by atoms with Gasteiger partial charge in [-0.05, 0) is 43.2 Å². The molecule has 1 aromatic carbocycles. The number of carbonyl (C=O) groups excluding carboxylic acids is 1. The number of nitrogens with two attached hydrogens (primary N) is 1. The summed E-state index contributed by atoms with van der Waals surface area (Å²) in [5, 5.41) is 18.3. The maximum Gasteiger partial charge on any atom is 0.401 e. The van der Waals surface area contributed by atoms with Gasteiger partial charge in [-0.2, -0.15) is 0 Å². The summed E-state index contributed by atoms with van der Waals surface area (Å²) in [6.45, 7) is 8.80. The van der Waals surface area contributed by atoms with Crippen LogP contribution in [-0.4, -0.2) is 52.5 Å². The monoisotopic (exact) mass is 498 g/mol. The summed E-state index contributed by atoms with van der Waals surface area (Å²) in [4.78, 5) is 13.5. The van der Waals surface area contributed by atoms with E-state index in [1.165, 1.54) is 4.68 Å². The van der Waals surface area contributed by atoms with E-state index in [-0.39, 0.29) is 30.3 Å². The lowest BCUT2D eigenvalue weighted by Crippen LogP contribution is -2.42. The predicted octanol–water partition coefficient (Wildman–Crippen LogP) is 2.83. The van der Waals surface area contributed by atoms with Gasteiger partial charge in [0.25, 0.3) is 5.65 Å². The molecule has 1 aliphatic rings. The Balaban J connectivity index is 1.71. The van der Waals surface area contributed by atoms with Crippen LogP contribution in [0.3, 0.4) is 0 Å². The third-order valence-corrected chi connectivity index (χ3v) is 6.19. The molecule has 0 aliphatic heterocycles. The molecule has 0 unspecified atom stereocenters. The molecule has 0 radical (unpaired) electrons. The van der Waals surface area contributed by atoms with Crippen molar-refractivity contribution in [1.29, 1.82) is 0 Å². The number of hydrogen-bond acceptors (Lipinski definition) is 8. The van der Waals surface area contributed by atoms with Gasteiger partial charge in [-0.3, -0.25) is 10.5 Å². The fraction of sp³-hybridized carbons (Fsp3) is 0.538. The van der Waals surface area contributed by atoms with E-state index in [4.69, 9.17) is 25.1 Å². The number of rotatable bonds is 11. The zero-order valence-corrected chi connectivity index (χ0v) is 21.7. The number of benzene rings is 1. The largest absolute Gasteiger partial charge is 0.493 e. The average molecular weight is 499 g/mol. The van der Waals surface area contributed by atoms with Crippen molar-refractivity contribution in [1.82, 2.24) is 14.7 Å². The molecule has 194 valence electrons. The van der Waals surface area contributed by atoms with Crippen molar-refractivity contribution in [3.8, 4) is 17.4 Å². The molecule has 4 rings (SSSR count). The van der Waals surface area contributed by atoms with Crippen LogP contribution in [0.1, 0.15) is 74.4 Å². The molecule has 3 N–H and O–H groups in total. The highest BCUT2D eigenvalue weighted by Gasteiger charge is 2.33. The minimum Gasteiger partial charge on any atom is -0.493 e. The van der Waals surface area contributed by atoms with Crippen LogP contribution in [0.15, 0.2) is 18.2 Å². The van der Waals surface area contributed by atoms with E-state index in [0.29, 0.717) is 54.1 Å². The van der Waals surface area contributed by atoms with Crippen molar-refractivity contribution in [3.63, 3.8) is 0 Å². The smallest absolute Gasteiger partial charge is 0.401 e. The number of hydrogen-bond donors (Lipinski definition) is 2. The van der Waals surface area contributed by atoms with E-state index < -0.39 is 0 Å². The van der Waals surface area contributed by atoms with Gasteiger partial charge < -0.3 is 19.3 Å². The van der Waals surface area contributed by atoms with E-state index in [1.807, 2.05) is 39.8 Å². The van der Waals surface area contributed by atoms with Gasteiger partial charge in [0.15, 0.2) is 23.8 Å². The number of ether oxygens (including phenoxy) is 3. The second-order valence-electron chi connectivity index (χ2n) is 10.1. The molecule has 0 spiro atoms. The van der Waals surface area contributed by atoms with Gasteiger partial charge in [0.2, 0.25) is 5.88 Å². The minimum absolute atomic E-state index is 0.0127. The molecule has 0 saturated heterocycles. The summed E-state index contributed by atoms with van der Waals surface area (Å²) in [5.74, 6) is 2.02. The normalized spacial score (nSPS) is 13.7. The second kappa shape index (κ2) is 10.3. The van der Waals surface area contributed by atoms with Gasteiger partial charge in [0.1, 0.15) is 0 Å². The van der Waals surface area contributed by atoms with E-state index in [2.05, 4.69) is 10.2 Å². The molecule has 2 aromatic heterocycles. The topological polar surface area (TPSA) is 125 Å². The average Bonchev–Trinajstić information content (AvgIpc) is 3.63. The van der Waals surface area contributed by atoms with Crippen LogP contribution in [0.4, 0.5) is 5.95 Å². The Morgan fingerprint density at radius 1 is 1.25 bits per heavy atom. The maximum atomic E-state index is 13.5. The second-order valence-corrected chi connectivity index (χ2v) is 10.1. The highest BCUT2D eigenvalue weighted by molar-refractivity contribution is 5.96. The van der Waals surface area contributed by atoms with Crippen molar-refractivity contribution in [2.75, 3.05) is 32.7 Å². The molecule has 3 aromatic rings. The minimum atomic E-state index is -0.301. The third-order valence-electron chi connectivity index (χ3n) is 6.19. The Morgan fingerprint density at radius 2 is 2.00 bits per heavy atom.